The van der Waals surface area contributed by atoms with Crippen LogP contribution < -0.4 is 4.72 Å². The maximum Gasteiger partial charge on any atom is 0.261 e. The first-order valence-corrected chi connectivity index (χ1v) is 14.8. The zero-order chi connectivity index (χ0) is 24.0. The van der Waals surface area contributed by atoms with E-state index < -0.39 is 10.0 Å². The van der Waals surface area contributed by atoms with Crippen molar-refractivity contribution in [1.82, 2.24) is 4.98 Å². The predicted molar refractivity (Wildman–Crippen MR) is 145 cm³/mol. The Morgan fingerprint density at radius 2 is 1.86 bits per heavy atom. The average molecular weight is 521 g/mol. The number of aromatic hydroxyl groups is 1. The van der Waals surface area contributed by atoms with Crippen LogP contribution in [-0.4, -0.2) is 18.5 Å². The van der Waals surface area contributed by atoms with Gasteiger partial charge in [0.2, 0.25) is 0 Å². The van der Waals surface area contributed by atoms with Crippen molar-refractivity contribution in [2.75, 3.05) is 4.72 Å². The number of rotatable bonds is 5. The minimum Gasteiger partial charge on any atom is -0.506 e. The number of hydrogen-bond acceptors (Lipinski definition) is 6. The van der Waals surface area contributed by atoms with Gasteiger partial charge in [-0.25, -0.2) is 13.4 Å². The summed E-state index contributed by atoms with van der Waals surface area (Å²) in [6, 6.07) is 16.9. The molecular weight excluding hydrogens is 497 g/mol. The van der Waals surface area contributed by atoms with Crippen LogP contribution in [0, 0.1) is 5.92 Å². The molecule has 0 aliphatic heterocycles. The number of fused-ring (bicyclic) bond motifs is 3. The van der Waals surface area contributed by atoms with Gasteiger partial charge in [-0.2, -0.15) is 0 Å². The fourth-order valence-electron chi connectivity index (χ4n) is 4.95. The van der Waals surface area contributed by atoms with Crippen LogP contribution in [0.4, 0.5) is 5.69 Å². The van der Waals surface area contributed by atoms with E-state index in [-0.39, 0.29) is 5.75 Å². The molecule has 5 nitrogen and oxygen atoms in total. The Labute approximate surface area is 212 Å². The van der Waals surface area contributed by atoms with Crippen molar-refractivity contribution in [3.63, 3.8) is 0 Å². The highest BCUT2D eigenvalue weighted by molar-refractivity contribution is 8.01. The van der Waals surface area contributed by atoms with Gasteiger partial charge in [-0.15, -0.1) is 11.3 Å². The molecule has 2 aliphatic carbocycles. The number of benzene rings is 3. The van der Waals surface area contributed by atoms with Crippen LogP contribution in [0.2, 0.25) is 0 Å². The number of nitrogens with zero attached hydrogens (tertiary/aromatic N) is 1. The topological polar surface area (TPSA) is 79.3 Å². The van der Waals surface area contributed by atoms with Crippen molar-refractivity contribution < 1.29 is 13.5 Å². The summed E-state index contributed by atoms with van der Waals surface area (Å²) >= 11 is 2.89. The Balaban J connectivity index is 1.38. The van der Waals surface area contributed by atoms with E-state index in [1.807, 2.05) is 54.6 Å². The first kappa shape index (κ1) is 22.6. The molecule has 0 radical (unpaired) electrons. The second kappa shape index (κ2) is 9.00. The van der Waals surface area contributed by atoms with E-state index >= 15 is 0 Å². The average Bonchev–Trinajstić information content (AvgIpc) is 3.29. The number of aromatic nitrogens is 1. The van der Waals surface area contributed by atoms with Gasteiger partial charge >= 0.3 is 0 Å². The SMILES string of the molecule is O=S(=O)(Nc1cc(Sc2nc3ccccc3s2)c(O)c2ccccc12)C1=CCC2CCCCC2=C1. The minimum atomic E-state index is -3.77. The molecule has 1 heterocycles. The molecule has 178 valence electrons. The third-order valence-corrected chi connectivity index (χ3v) is 10.3. The highest BCUT2D eigenvalue weighted by Gasteiger charge is 2.27. The van der Waals surface area contributed by atoms with Crippen molar-refractivity contribution in [1.29, 1.82) is 0 Å². The Kier molecular flexibility index (Phi) is 5.82. The minimum absolute atomic E-state index is 0.122. The quantitative estimate of drug-likeness (QED) is 0.267. The van der Waals surface area contributed by atoms with Gasteiger partial charge in [-0.05, 0) is 55.9 Å². The third-order valence-electron chi connectivity index (χ3n) is 6.73. The second-order valence-electron chi connectivity index (χ2n) is 8.98. The molecule has 35 heavy (non-hydrogen) atoms. The zero-order valence-corrected chi connectivity index (χ0v) is 21.3. The highest BCUT2D eigenvalue weighted by Crippen LogP contribution is 2.45. The fourth-order valence-corrected chi connectivity index (χ4v) is 8.26. The van der Waals surface area contributed by atoms with E-state index in [1.54, 1.807) is 23.5 Å². The summed E-state index contributed by atoms with van der Waals surface area (Å²) < 4.78 is 31.6. The monoisotopic (exact) mass is 520 g/mol. The van der Waals surface area contributed by atoms with Crippen molar-refractivity contribution in [2.45, 2.75) is 41.3 Å². The Bertz CT molecular complexity index is 1590. The van der Waals surface area contributed by atoms with Gasteiger partial charge < -0.3 is 5.11 Å². The van der Waals surface area contributed by atoms with Crippen LogP contribution in [0.1, 0.15) is 32.1 Å². The van der Waals surface area contributed by atoms with Gasteiger partial charge in [0.1, 0.15) is 5.75 Å². The van der Waals surface area contributed by atoms with Gasteiger partial charge in [0.05, 0.1) is 25.7 Å². The summed E-state index contributed by atoms with van der Waals surface area (Å²) in [5.74, 6) is 0.603. The number of nitrogens with one attached hydrogen (secondary N) is 1. The third kappa shape index (κ3) is 4.35. The van der Waals surface area contributed by atoms with Crippen molar-refractivity contribution in [2.24, 2.45) is 5.92 Å². The fraction of sp³-hybridized carbons (Fsp3) is 0.222. The maximum atomic E-state index is 13.4. The van der Waals surface area contributed by atoms with Crippen LogP contribution in [0.15, 0.2) is 86.5 Å². The van der Waals surface area contributed by atoms with E-state index in [4.69, 9.17) is 0 Å². The zero-order valence-electron chi connectivity index (χ0n) is 18.9. The van der Waals surface area contributed by atoms with Crippen LogP contribution in [-0.2, 0) is 10.0 Å². The lowest BCUT2D eigenvalue weighted by Crippen LogP contribution is -2.19. The lowest BCUT2D eigenvalue weighted by Gasteiger charge is -2.28. The summed E-state index contributed by atoms with van der Waals surface area (Å²) in [4.78, 5) is 5.56. The van der Waals surface area contributed by atoms with E-state index in [0.29, 0.717) is 32.2 Å². The normalized spacial score (nSPS) is 18.2. The molecule has 0 spiro atoms. The molecule has 2 N–H and O–H groups in total. The number of para-hydroxylation sites is 1. The summed E-state index contributed by atoms with van der Waals surface area (Å²) in [5, 5.41) is 12.3. The van der Waals surface area contributed by atoms with Gasteiger partial charge in [0.15, 0.2) is 4.34 Å². The Morgan fingerprint density at radius 3 is 2.71 bits per heavy atom. The Hall–Kier alpha value is -2.81. The number of sulfonamides is 1. The second-order valence-corrected chi connectivity index (χ2v) is 13.0. The maximum absolute atomic E-state index is 13.4. The number of anilines is 1. The Morgan fingerprint density at radius 1 is 1.06 bits per heavy atom. The van der Waals surface area contributed by atoms with E-state index in [9.17, 15) is 13.5 Å². The molecule has 0 bridgehead atoms. The van der Waals surface area contributed by atoms with Crippen LogP contribution in [0.25, 0.3) is 21.0 Å². The van der Waals surface area contributed by atoms with Crippen molar-refractivity contribution in [3.05, 3.63) is 77.2 Å². The van der Waals surface area contributed by atoms with Gasteiger partial charge in [-0.1, -0.05) is 66.2 Å². The summed E-state index contributed by atoms with van der Waals surface area (Å²) in [6.45, 7) is 0. The molecule has 8 heteroatoms. The molecular formula is C27H24N2O3S3. The largest absolute Gasteiger partial charge is 0.506 e. The lowest BCUT2D eigenvalue weighted by atomic mass is 9.80. The molecule has 4 aromatic rings. The van der Waals surface area contributed by atoms with Crippen LogP contribution >= 0.6 is 23.1 Å². The number of allylic oxidation sites excluding steroid dienone is 3. The summed E-state index contributed by atoms with van der Waals surface area (Å²) in [5.41, 5.74) is 2.60. The van der Waals surface area contributed by atoms with Gasteiger partial charge in [-0.3, -0.25) is 4.72 Å². The first-order valence-electron chi connectivity index (χ1n) is 11.7. The van der Waals surface area contributed by atoms with E-state index in [2.05, 4.69) is 9.71 Å². The highest BCUT2D eigenvalue weighted by atomic mass is 32.2. The molecule has 2 aliphatic rings. The predicted octanol–water partition coefficient (Wildman–Crippen LogP) is 7.45. The molecule has 0 saturated heterocycles. The number of phenolic OH excluding ortho intramolecular Hbond substituents is 1. The summed E-state index contributed by atoms with van der Waals surface area (Å²) in [7, 11) is -3.77. The van der Waals surface area contributed by atoms with E-state index in [0.717, 1.165) is 40.2 Å². The van der Waals surface area contributed by atoms with Gasteiger partial charge in [0.25, 0.3) is 10.0 Å². The van der Waals surface area contributed by atoms with E-state index in [1.165, 1.54) is 23.8 Å². The standard InChI is InChI=1S/C27H24N2O3S3/c30-26-21-10-4-3-9-20(21)23(16-25(26)34-27-28-22-11-5-6-12-24(22)33-27)29-35(31,32)19-14-13-17-7-1-2-8-18(17)15-19/h3-6,9-12,14-17,29-30H,1-2,7-8,13H2. The molecule has 1 atom stereocenters. The summed E-state index contributed by atoms with van der Waals surface area (Å²) in [6.07, 6.45) is 8.94. The lowest BCUT2D eigenvalue weighted by molar-refractivity contribution is 0.452. The molecule has 1 fully saturated rings. The number of phenols is 1. The first-order chi connectivity index (χ1) is 17.0. The molecule has 1 aromatic heterocycles. The molecule has 0 amide bonds. The molecule has 3 aromatic carbocycles. The molecule has 6 rings (SSSR count). The van der Waals surface area contributed by atoms with Crippen molar-refractivity contribution >= 4 is 59.8 Å². The van der Waals surface area contributed by atoms with Crippen molar-refractivity contribution in [3.8, 4) is 5.75 Å². The van der Waals surface area contributed by atoms with Gasteiger partial charge in [0, 0.05) is 10.8 Å². The molecule has 1 unspecified atom stereocenters. The smallest absolute Gasteiger partial charge is 0.261 e. The number of thiazole rings is 1. The molecule has 1 saturated carbocycles. The van der Waals surface area contributed by atoms with Crippen LogP contribution in [0.3, 0.4) is 0 Å². The number of hydrogen-bond donors (Lipinski definition) is 2. The van der Waals surface area contributed by atoms with Crippen LogP contribution in [0.5, 0.6) is 5.75 Å².